The first-order chi connectivity index (χ1) is 11.7. The van der Waals surface area contributed by atoms with Crippen LogP contribution in [0.2, 0.25) is 5.02 Å². The second kappa shape index (κ2) is 6.48. The summed E-state index contributed by atoms with van der Waals surface area (Å²) in [5.74, 6) is 0.491. The minimum atomic E-state index is -3.81. The highest BCUT2D eigenvalue weighted by molar-refractivity contribution is 7.93. The van der Waals surface area contributed by atoms with Crippen LogP contribution in [0.15, 0.2) is 33.7 Å². The molecule has 0 radical (unpaired) electrons. The molecule has 0 atom stereocenters. The summed E-state index contributed by atoms with van der Waals surface area (Å²) < 4.78 is 34.1. The Morgan fingerprint density at radius 1 is 1.16 bits per heavy atom. The van der Waals surface area contributed by atoms with Crippen molar-refractivity contribution in [3.05, 3.63) is 50.3 Å². The van der Waals surface area contributed by atoms with Gasteiger partial charge < -0.3 is 4.52 Å². The molecule has 0 saturated carbocycles. The summed E-state index contributed by atoms with van der Waals surface area (Å²) in [6.07, 6.45) is 0. The fourth-order valence-corrected chi connectivity index (χ4v) is 5.75. The van der Waals surface area contributed by atoms with E-state index in [0.29, 0.717) is 26.9 Å². The van der Waals surface area contributed by atoms with Gasteiger partial charge in [0.15, 0.2) is 5.76 Å². The largest absolute Gasteiger partial charge is 0.356 e. The third-order valence-electron chi connectivity index (χ3n) is 3.93. The van der Waals surface area contributed by atoms with Crippen LogP contribution in [0.1, 0.15) is 21.0 Å². The first kappa shape index (κ1) is 18.0. The molecule has 3 rings (SSSR count). The third kappa shape index (κ3) is 3.31. The molecule has 0 amide bonds. The van der Waals surface area contributed by atoms with Crippen LogP contribution in [0, 0.1) is 27.7 Å². The summed E-state index contributed by atoms with van der Waals surface area (Å²) in [6.45, 7) is 7.36. The van der Waals surface area contributed by atoms with E-state index in [4.69, 9.17) is 16.1 Å². The smallest absolute Gasteiger partial charge is 0.263 e. The highest BCUT2D eigenvalue weighted by atomic mass is 35.5. The van der Waals surface area contributed by atoms with Crippen molar-refractivity contribution < 1.29 is 12.9 Å². The topological polar surface area (TPSA) is 72.2 Å². The number of rotatable bonds is 4. The van der Waals surface area contributed by atoms with Crippen molar-refractivity contribution in [1.29, 1.82) is 0 Å². The lowest BCUT2D eigenvalue weighted by atomic mass is 10.1. The van der Waals surface area contributed by atoms with Crippen LogP contribution in [-0.4, -0.2) is 13.6 Å². The predicted octanol–water partition coefficient (Wildman–Crippen LogP) is 5.09. The van der Waals surface area contributed by atoms with E-state index < -0.39 is 10.0 Å². The summed E-state index contributed by atoms with van der Waals surface area (Å²) in [7, 11) is -3.81. The monoisotopic (exact) mass is 396 g/mol. The number of hydrogen-bond acceptors (Lipinski definition) is 5. The Morgan fingerprint density at radius 2 is 1.88 bits per heavy atom. The molecule has 5 nitrogen and oxygen atoms in total. The van der Waals surface area contributed by atoms with Crippen LogP contribution < -0.4 is 4.72 Å². The fraction of sp³-hybridized carbons (Fsp3) is 0.235. The quantitative estimate of drug-likeness (QED) is 0.666. The molecule has 1 aromatic carbocycles. The number of aromatic nitrogens is 1. The van der Waals surface area contributed by atoms with Crippen LogP contribution in [0.3, 0.4) is 0 Å². The van der Waals surface area contributed by atoms with Crippen molar-refractivity contribution in [2.45, 2.75) is 32.6 Å². The molecule has 8 heteroatoms. The maximum atomic E-state index is 13.0. The molecule has 1 N–H and O–H groups in total. The standard InChI is InChI=1S/C17H17ClN2O3S2/c1-9-10(2)19-23-16(9)15-11(3)24-12(4)17(15)25(21,22)20-14-7-5-6-13(18)8-14/h5-8,20H,1-4H3. The molecule has 0 aliphatic heterocycles. The first-order valence-corrected chi connectivity index (χ1v) is 10.2. The van der Waals surface area contributed by atoms with Gasteiger partial charge in [-0.25, -0.2) is 8.42 Å². The van der Waals surface area contributed by atoms with Crippen LogP contribution in [0.25, 0.3) is 11.3 Å². The Kier molecular flexibility index (Phi) is 4.66. The van der Waals surface area contributed by atoms with E-state index in [1.165, 1.54) is 11.3 Å². The lowest BCUT2D eigenvalue weighted by molar-refractivity contribution is 0.426. The molecule has 0 aliphatic carbocycles. The third-order valence-corrected chi connectivity index (χ3v) is 6.87. The van der Waals surface area contributed by atoms with Gasteiger partial charge in [-0.3, -0.25) is 4.72 Å². The molecule has 0 saturated heterocycles. The van der Waals surface area contributed by atoms with Crippen molar-refractivity contribution in [3.8, 4) is 11.3 Å². The molecular formula is C17H17ClN2O3S2. The van der Waals surface area contributed by atoms with Crippen LogP contribution in [0.4, 0.5) is 5.69 Å². The Hall–Kier alpha value is -1.83. The SMILES string of the molecule is Cc1noc(-c2c(C)sc(C)c2S(=O)(=O)Nc2cccc(Cl)c2)c1C. The Balaban J connectivity index is 2.15. The molecular weight excluding hydrogens is 380 g/mol. The van der Waals surface area contributed by atoms with Gasteiger partial charge in [-0.1, -0.05) is 22.8 Å². The molecule has 0 unspecified atom stereocenters. The van der Waals surface area contributed by atoms with Crippen molar-refractivity contribution in [2.24, 2.45) is 0 Å². The van der Waals surface area contributed by atoms with Crippen molar-refractivity contribution in [3.63, 3.8) is 0 Å². The van der Waals surface area contributed by atoms with Gasteiger partial charge in [0.2, 0.25) is 0 Å². The maximum absolute atomic E-state index is 13.0. The van der Waals surface area contributed by atoms with Gasteiger partial charge in [-0.2, -0.15) is 0 Å². The van der Waals surface area contributed by atoms with Crippen molar-refractivity contribution >= 4 is 38.6 Å². The lowest BCUT2D eigenvalue weighted by Gasteiger charge is -2.10. The lowest BCUT2D eigenvalue weighted by Crippen LogP contribution is -2.14. The van der Waals surface area contributed by atoms with E-state index >= 15 is 0 Å². The van der Waals surface area contributed by atoms with E-state index in [2.05, 4.69) is 9.88 Å². The predicted molar refractivity (Wildman–Crippen MR) is 101 cm³/mol. The second-order valence-electron chi connectivity index (χ2n) is 5.76. The number of thiophene rings is 1. The fourth-order valence-electron chi connectivity index (χ4n) is 2.66. The molecule has 0 spiro atoms. The Labute approximate surface area is 155 Å². The summed E-state index contributed by atoms with van der Waals surface area (Å²) in [4.78, 5) is 1.77. The zero-order chi connectivity index (χ0) is 18.4. The van der Waals surface area contributed by atoms with E-state index in [0.717, 1.165) is 16.1 Å². The molecule has 2 aromatic heterocycles. The highest BCUT2D eigenvalue weighted by Gasteiger charge is 2.29. The van der Waals surface area contributed by atoms with E-state index in [1.807, 2.05) is 20.8 Å². The number of nitrogens with one attached hydrogen (secondary N) is 1. The van der Waals surface area contributed by atoms with Gasteiger partial charge in [0, 0.05) is 20.3 Å². The molecule has 0 fully saturated rings. The number of hydrogen-bond donors (Lipinski definition) is 1. The Morgan fingerprint density at radius 3 is 2.48 bits per heavy atom. The Bertz CT molecular complexity index is 1050. The zero-order valence-corrected chi connectivity index (χ0v) is 16.6. The molecule has 0 bridgehead atoms. The second-order valence-corrected chi connectivity index (χ2v) is 9.24. The molecule has 2 heterocycles. The molecule has 25 heavy (non-hydrogen) atoms. The molecule has 3 aromatic rings. The summed E-state index contributed by atoms with van der Waals surface area (Å²) in [5, 5.41) is 4.42. The average Bonchev–Trinajstić information content (AvgIpc) is 2.98. The summed E-state index contributed by atoms with van der Waals surface area (Å²) in [5.41, 5.74) is 2.55. The number of halogens is 1. The maximum Gasteiger partial charge on any atom is 0.263 e. The highest BCUT2D eigenvalue weighted by Crippen LogP contribution is 2.41. The number of anilines is 1. The van der Waals surface area contributed by atoms with Crippen molar-refractivity contribution in [2.75, 3.05) is 4.72 Å². The van der Waals surface area contributed by atoms with Gasteiger partial charge in [0.05, 0.1) is 16.9 Å². The van der Waals surface area contributed by atoms with Crippen LogP contribution in [-0.2, 0) is 10.0 Å². The van der Waals surface area contributed by atoms with Gasteiger partial charge in [0.25, 0.3) is 10.0 Å². The van der Waals surface area contributed by atoms with Crippen LogP contribution >= 0.6 is 22.9 Å². The number of sulfonamides is 1. The molecule has 132 valence electrons. The van der Waals surface area contributed by atoms with Gasteiger partial charge in [-0.15, -0.1) is 11.3 Å². The normalized spacial score (nSPS) is 11.7. The van der Waals surface area contributed by atoms with Gasteiger partial charge in [-0.05, 0) is 45.9 Å². The minimum Gasteiger partial charge on any atom is -0.356 e. The number of nitrogens with zero attached hydrogens (tertiary/aromatic N) is 1. The van der Waals surface area contributed by atoms with E-state index in [-0.39, 0.29) is 4.90 Å². The zero-order valence-electron chi connectivity index (χ0n) is 14.2. The number of benzene rings is 1. The average molecular weight is 397 g/mol. The van der Waals surface area contributed by atoms with Gasteiger partial charge in [0.1, 0.15) is 4.90 Å². The minimum absolute atomic E-state index is 0.217. The van der Waals surface area contributed by atoms with Crippen molar-refractivity contribution in [1.82, 2.24) is 5.16 Å². The van der Waals surface area contributed by atoms with Gasteiger partial charge >= 0.3 is 0 Å². The van der Waals surface area contributed by atoms with Crippen LogP contribution in [0.5, 0.6) is 0 Å². The molecule has 0 aliphatic rings. The van der Waals surface area contributed by atoms with E-state index in [1.54, 1.807) is 31.2 Å². The summed E-state index contributed by atoms with van der Waals surface area (Å²) in [6, 6.07) is 6.60. The number of aryl methyl sites for hydroxylation is 3. The van der Waals surface area contributed by atoms with E-state index in [9.17, 15) is 8.42 Å². The summed E-state index contributed by atoms with van der Waals surface area (Å²) >= 11 is 7.37. The first-order valence-electron chi connectivity index (χ1n) is 7.52.